The molecule has 2 amide bonds. The van der Waals surface area contributed by atoms with Crippen LogP contribution in [0.3, 0.4) is 0 Å². The van der Waals surface area contributed by atoms with Gasteiger partial charge in [0.2, 0.25) is 5.91 Å². The molecule has 202 valence electrons. The van der Waals surface area contributed by atoms with Crippen molar-refractivity contribution < 1.29 is 23.5 Å². The summed E-state index contributed by atoms with van der Waals surface area (Å²) in [6, 6.07) is 7.21. The van der Waals surface area contributed by atoms with Gasteiger partial charge in [-0.2, -0.15) is 5.10 Å². The first-order valence-electron chi connectivity index (χ1n) is 12.7. The summed E-state index contributed by atoms with van der Waals surface area (Å²) in [6.07, 6.45) is 5.81. The maximum Gasteiger partial charge on any atom is 0.255 e. The number of hydrogen-bond acceptors (Lipinski definition) is 6. The predicted octanol–water partition coefficient (Wildman–Crippen LogP) is 2.91. The highest BCUT2D eigenvalue weighted by molar-refractivity contribution is 5.99. The van der Waals surface area contributed by atoms with Crippen molar-refractivity contribution >= 4 is 17.6 Å². The Bertz CT molecular complexity index is 1280. The Labute approximate surface area is 219 Å². The molecule has 3 N–H and O–H groups in total. The van der Waals surface area contributed by atoms with E-state index in [1.807, 2.05) is 0 Å². The standard InChI is InChI=1S/C27H32F2N6O3/c1-34-17-19(15-32-34)25-23(29)14-22(26(33-25)30-10-9-18-5-2-6-20(28)13-18)27(38)31-16-21-7-3-11-35(21)24(37)8-4-12-36/h2,5-6,13-15,17,21,36H,3-4,7-12,16H2,1H3,(H,30,33)(H,31,38)/t21-/m1/s1. The molecule has 11 heteroatoms. The number of anilines is 1. The number of nitrogens with zero attached hydrogens (tertiary/aromatic N) is 4. The third-order valence-electron chi connectivity index (χ3n) is 6.54. The van der Waals surface area contributed by atoms with Gasteiger partial charge in [0.1, 0.15) is 17.3 Å². The molecule has 1 aliphatic rings. The van der Waals surface area contributed by atoms with E-state index in [9.17, 15) is 14.0 Å². The van der Waals surface area contributed by atoms with Crippen LogP contribution in [-0.4, -0.2) is 68.9 Å². The summed E-state index contributed by atoms with van der Waals surface area (Å²) in [4.78, 5) is 31.8. The minimum atomic E-state index is -0.666. The normalized spacial score (nSPS) is 15.1. The fourth-order valence-electron chi connectivity index (χ4n) is 4.62. The number of carbonyl (C=O) groups excluding carboxylic acids is 2. The molecule has 1 saturated heterocycles. The van der Waals surface area contributed by atoms with Crippen LogP contribution in [0.15, 0.2) is 42.7 Å². The number of carbonyl (C=O) groups is 2. The molecule has 1 fully saturated rings. The molecule has 0 spiro atoms. The van der Waals surface area contributed by atoms with E-state index in [1.54, 1.807) is 30.3 Å². The number of aromatic nitrogens is 3. The summed E-state index contributed by atoms with van der Waals surface area (Å²) in [6.45, 7) is 1.11. The lowest BCUT2D eigenvalue weighted by molar-refractivity contribution is -0.132. The van der Waals surface area contributed by atoms with E-state index in [0.717, 1.165) is 24.5 Å². The SMILES string of the molecule is Cn1cc(-c2nc(NCCc3cccc(F)c3)c(C(=O)NC[C@H]3CCCN3C(=O)CCCO)cc2F)cn1. The summed E-state index contributed by atoms with van der Waals surface area (Å²) < 4.78 is 30.2. The van der Waals surface area contributed by atoms with E-state index in [0.29, 0.717) is 31.5 Å². The van der Waals surface area contributed by atoms with E-state index in [-0.39, 0.29) is 54.4 Å². The highest BCUT2D eigenvalue weighted by atomic mass is 19.1. The van der Waals surface area contributed by atoms with Crippen LogP contribution in [0.1, 0.15) is 41.6 Å². The minimum absolute atomic E-state index is 0.0329. The number of aryl methyl sites for hydroxylation is 1. The molecule has 9 nitrogen and oxygen atoms in total. The Balaban J connectivity index is 1.50. The fourth-order valence-corrected chi connectivity index (χ4v) is 4.62. The maximum atomic E-state index is 15.1. The number of hydrogen-bond donors (Lipinski definition) is 3. The monoisotopic (exact) mass is 526 g/mol. The third-order valence-corrected chi connectivity index (χ3v) is 6.54. The largest absolute Gasteiger partial charge is 0.396 e. The number of aliphatic hydroxyl groups excluding tert-OH is 1. The highest BCUT2D eigenvalue weighted by Gasteiger charge is 2.29. The van der Waals surface area contributed by atoms with Crippen LogP contribution in [0.5, 0.6) is 0 Å². The van der Waals surface area contributed by atoms with E-state index in [2.05, 4.69) is 20.7 Å². The molecule has 0 unspecified atom stereocenters. The van der Waals surface area contributed by atoms with Gasteiger partial charge in [-0.05, 0) is 49.4 Å². The first-order valence-corrected chi connectivity index (χ1v) is 12.7. The Morgan fingerprint density at radius 3 is 2.82 bits per heavy atom. The molecule has 3 heterocycles. The zero-order chi connectivity index (χ0) is 27.1. The molecular formula is C27H32F2N6O3. The molecule has 0 aliphatic carbocycles. The fraction of sp³-hybridized carbons (Fsp3) is 0.407. The molecule has 1 atom stereocenters. The first kappa shape index (κ1) is 27.2. The van der Waals surface area contributed by atoms with Crippen molar-refractivity contribution in [1.29, 1.82) is 0 Å². The van der Waals surface area contributed by atoms with E-state index in [1.165, 1.54) is 23.0 Å². The molecule has 0 radical (unpaired) electrons. The van der Waals surface area contributed by atoms with Crippen LogP contribution in [0.4, 0.5) is 14.6 Å². The van der Waals surface area contributed by atoms with Gasteiger partial charge in [0.25, 0.3) is 5.91 Å². The molecule has 4 rings (SSSR count). The van der Waals surface area contributed by atoms with E-state index < -0.39 is 11.7 Å². The van der Waals surface area contributed by atoms with Crippen molar-refractivity contribution in [2.24, 2.45) is 7.05 Å². The van der Waals surface area contributed by atoms with Gasteiger partial charge in [0.15, 0.2) is 5.82 Å². The van der Waals surface area contributed by atoms with Crippen LogP contribution < -0.4 is 10.6 Å². The van der Waals surface area contributed by atoms with E-state index >= 15 is 4.39 Å². The van der Waals surface area contributed by atoms with Crippen LogP contribution >= 0.6 is 0 Å². The van der Waals surface area contributed by atoms with Crippen molar-refractivity contribution in [2.75, 3.05) is 31.6 Å². The van der Waals surface area contributed by atoms with Gasteiger partial charge < -0.3 is 20.6 Å². The number of benzene rings is 1. The van der Waals surface area contributed by atoms with Gasteiger partial charge >= 0.3 is 0 Å². The Morgan fingerprint density at radius 1 is 1.24 bits per heavy atom. The van der Waals surface area contributed by atoms with Crippen LogP contribution in [0.2, 0.25) is 0 Å². The number of halogens is 2. The number of rotatable bonds is 11. The van der Waals surface area contributed by atoms with Gasteiger partial charge in [-0.1, -0.05) is 12.1 Å². The lowest BCUT2D eigenvalue weighted by atomic mass is 10.1. The number of amides is 2. The lowest BCUT2D eigenvalue weighted by Crippen LogP contribution is -2.43. The van der Waals surface area contributed by atoms with Crippen LogP contribution in [-0.2, 0) is 18.3 Å². The molecule has 0 bridgehead atoms. The molecule has 2 aromatic heterocycles. The quantitative estimate of drug-likeness (QED) is 0.354. The Morgan fingerprint density at radius 2 is 2.08 bits per heavy atom. The number of nitrogens with one attached hydrogen (secondary N) is 2. The molecule has 0 saturated carbocycles. The third kappa shape index (κ3) is 6.71. The highest BCUT2D eigenvalue weighted by Crippen LogP contribution is 2.26. The number of likely N-dealkylation sites (tertiary alicyclic amines) is 1. The minimum Gasteiger partial charge on any atom is -0.396 e. The molecule has 1 aliphatic heterocycles. The average molecular weight is 527 g/mol. The summed E-state index contributed by atoms with van der Waals surface area (Å²) in [7, 11) is 1.71. The second-order valence-corrected chi connectivity index (χ2v) is 9.34. The number of pyridine rings is 1. The van der Waals surface area contributed by atoms with Crippen LogP contribution in [0.25, 0.3) is 11.3 Å². The van der Waals surface area contributed by atoms with Crippen LogP contribution in [0, 0.1) is 11.6 Å². The number of aliphatic hydroxyl groups is 1. The van der Waals surface area contributed by atoms with Gasteiger partial charge in [-0.3, -0.25) is 14.3 Å². The molecular weight excluding hydrogens is 494 g/mol. The van der Waals surface area contributed by atoms with Crippen molar-refractivity contribution in [3.63, 3.8) is 0 Å². The topological polar surface area (TPSA) is 112 Å². The predicted molar refractivity (Wildman–Crippen MR) is 138 cm³/mol. The van der Waals surface area contributed by atoms with Crippen molar-refractivity contribution in [2.45, 2.75) is 38.1 Å². The first-order chi connectivity index (χ1) is 18.4. The molecule has 1 aromatic carbocycles. The second kappa shape index (κ2) is 12.6. The molecule has 38 heavy (non-hydrogen) atoms. The molecule has 3 aromatic rings. The zero-order valence-corrected chi connectivity index (χ0v) is 21.3. The Hall–Kier alpha value is -3.86. The van der Waals surface area contributed by atoms with E-state index in [4.69, 9.17) is 5.11 Å². The summed E-state index contributed by atoms with van der Waals surface area (Å²) >= 11 is 0. The zero-order valence-electron chi connectivity index (χ0n) is 21.3. The second-order valence-electron chi connectivity index (χ2n) is 9.34. The smallest absolute Gasteiger partial charge is 0.255 e. The van der Waals surface area contributed by atoms with Gasteiger partial charge in [-0.25, -0.2) is 13.8 Å². The van der Waals surface area contributed by atoms with Crippen molar-refractivity contribution in [3.05, 3.63) is 65.5 Å². The van der Waals surface area contributed by atoms with Crippen molar-refractivity contribution in [3.8, 4) is 11.3 Å². The average Bonchev–Trinajstić information content (AvgIpc) is 3.55. The summed E-state index contributed by atoms with van der Waals surface area (Å²) in [5.41, 5.74) is 1.32. The summed E-state index contributed by atoms with van der Waals surface area (Å²) in [5.74, 6) is -1.37. The summed E-state index contributed by atoms with van der Waals surface area (Å²) in [5, 5.41) is 19.0. The Kier molecular flexibility index (Phi) is 9.01. The van der Waals surface area contributed by atoms with Gasteiger partial charge in [0, 0.05) is 57.5 Å². The lowest BCUT2D eigenvalue weighted by Gasteiger charge is -2.25. The van der Waals surface area contributed by atoms with Crippen molar-refractivity contribution in [1.82, 2.24) is 25.0 Å². The van der Waals surface area contributed by atoms with Gasteiger partial charge in [0.05, 0.1) is 11.8 Å². The maximum absolute atomic E-state index is 15.1. The van der Waals surface area contributed by atoms with Gasteiger partial charge in [-0.15, -0.1) is 0 Å².